The molecule has 1 N–H and O–H groups in total. The molecule has 6 heteroatoms. The highest BCUT2D eigenvalue weighted by Crippen LogP contribution is 2.18. The molecule has 27 heavy (non-hydrogen) atoms. The first-order valence-corrected chi connectivity index (χ1v) is 9.02. The van der Waals surface area contributed by atoms with Crippen molar-refractivity contribution in [3.05, 3.63) is 77.0 Å². The molecule has 6 nitrogen and oxygen atoms in total. The molecule has 0 fully saturated rings. The summed E-state index contributed by atoms with van der Waals surface area (Å²) in [6, 6.07) is 13.5. The standard InChI is InChI=1S/C21H26N4O2/c1-15-12-16(2)25(23-15)14-17-7-9-18(10-8-17)21(26)22-13-19(24(3)4)20-6-5-11-27-20/h5-12,19H,13-14H2,1-4H3,(H,22,26)/t19-/m0/s1. The van der Waals surface area contributed by atoms with E-state index in [1.165, 1.54) is 0 Å². The van der Waals surface area contributed by atoms with E-state index in [-0.39, 0.29) is 11.9 Å². The van der Waals surface area contributed by atoms with Gasteiger partial charge in [0, 0.05) is 17.8 Å². The second-order valence-corrected chi connectivity index (χ2v) is 6.99. The fourth-order valence-electron chi connectivity index (χ4n) is 3.08. The van der Waals surface area contributed by atoms with Crippen LogP contribution >= 0.6 is 0 Å². The maximum absolute atomic E-state index is 12.5. The van der Waals surface area contributed by atoms with Gasteiger partial charge in [0.15, 0.2) is 0 Å². The molecule has 0 spiro atoms. The molecule has 2 aromatic heterocycles. The van der Waals surface area contributed by atoms with E-state index in [2.05, 4.69) is 16.5 Å². The molecule has 0 saturated heterocycles. The minimum absolute atomic E-state index is 0.00532. The molecule has 0 radical (unpaired) electrons. The van der Waals surface area contributed by atoms with Crippen molar-refractivity contribution in [3.63, 3.8) is 0 Å². The van der Waals surface area contributed by atoms with Gasteiger partial charge >= 0.3 is 0 Å². The number of nitrogens with one attached hydrogen (secondary N) is 1. The van der Waals surface area contributed by atoms with Gasteiger partial charge in [0.05, 0.1) is 24.5 Å². The molecule has 3 aromatic rings. The van der Waals surface area contributed by atoms with Crippen LogP contribution in [0.15, 0.2) is 53.1 Å². The van der Waals surface area contributed by atoms with Gasteiger partial charge in [-0.2, -0.15) is 5.10 Å². The smallest absolute Gasteiger partial charge is 0.251 e. The number of amides is 1. The Kier molecular flexibility index (Phi) is 5.76. The number of hydrogen-bond acceptors (Lipinski definition) is 4. The minimum Gasteiger partial charge on any atom is -0.468 e. The number of rotatable bonds is 7. The summed E-state index contributed by atoms with van der Waals surface area (Å²) in [5, 5.41) is 7.47. The summed E-state index contributed by atoms with van der Waals surface area (Å²) in [7, 11) is 3.93. The van der Waals surface area contributed by atoms with Crippen LogP contribution in [0.25, 0.3) is 0 Å². The third kappa shape index (κ3) is 4.65. The van der Waals surface area contributed by atoms with E-state index in [1.54, 1.807) is 6.26 Å². The zero-order valence-corrected chi connectivity index (χ0v) is 16.3. The zero-order chi connectivity index (χ0) is 19.4. The average molecular weight is 366 g/mol. The number of aryl methyl sites for hydroxylation is 2. The third-order valence-corrected chi connectivity index (χ3v) is 4.60. The van der Waals surface area contributed by atoms with Gasteiger partial charge in [0.1, 0.15) is 5.76 Å². The maximum Gasteiger partial charge on any atom is 0.251 e. The highest BCUT2D eigenvalue weighted by Gasteiger charge is 2.18. The summed E-state index contributed by atoms with van der Waals surface area (Å²) in [6.07, 6.45) is 1.65. The molecule has 0 bridgehead atoms. The lowest BCUT2D eigenvalue weighted by Gasteiger charge is -2.22. The normalized spacial score (nSPS) is 12.3. The molecule has 1 amide bonds. The number of carbonyl (C=O) groups excluding carboxylic acids is 1. The van der Waals surface area contributed by atoms with E-state index in [4.69, 9.17) is 4.42 Å². The highest BCUT2D eigenvalue weighted by atomic mass is 16.3. The first-order chi connectivity index (χ1) is 12.9. The summed E-state index contributed by atoms with van der Waals surface area (Å²) in [5.41, 5.74) is 3.89. The van der Waals surface area contributed by atoms with Crippen LogP contribution < -0.4 is 5.32 Å². The monoisotopic (exact) mass is 366 g/mol. The molecule has 1 aromatic carbocycles. The Balaban J connectivity index is 1.61. The number of benzene rings is 1. The summed E-state index contributed by atoms with van der Waals surface area (Å²) in [6.45, 7) is 5.21. The van der Waals surface area contributed by atoms with E-state index in [0.29, 0.717) is 18.7 Å². The summed E-state index contributed by atoms with van der Waals surface area (Å²) in [5.74, 6) is 0.742. The van der Waals surface area contributed by atoms with Crippen LogP contribution in [0.4, 0.5) is 0 Å². The minimum atomic E-state index is -0.0916. The summed E-state index contributed by atoms with van der Waals surface area (Å²) >= 11 is 0. The second kappa shape index (κ2) is 8.22. The quantitative estimate of drug-likeness (QED) is 0.698. The summed E-state index contributed by atoms with van der Waals surface area (Å²) in [4.78, 5) is 14.5. The van der Waals surface area contributed by atoms with E-state index in [0.717, 1.165) is 22.7 Å². The maximum atomic E-state index is 12.5. The van der Waals surface area contributed by atoms with Crippen LogP contribution in [0.5, 0.6) is 0 Å². The Labute approximate surface area is 159 Å². The van der Waals surface area contributed by atoms with Gasteiger partial charge in [-0.3, -0.25) is 14.4 Å². The first-order valence-electron chi connectivity index (χ1n) is 9.02. The number of aromatic nitrogens is 2. The van der Waals surface area contributed by atoms with Crippen LogP contribution in [0.3, 0.4) is 0 Å². The molecule has 0 aliphatic heterocycles. The molecular weight excluding hydrogens is 340 g/mol. The molecule has 1 atom stereocenters. The Morgan fingerprint density at radius 3 is 2.52 bits per heavy atom. The first kappa shape index (κ1) is 18.9. The Morgan fingerprint density at radius 1 is 1.22 bits per heavy atom. The fourth-order valence-corrected chi connectivity index (χ4v) is 3.08. The lowest BCUT2D eigenvalue weighted by molar-refractivity contribution is 0.0939. The fraction of sp³-hybridized carbons (Fsp3) is 0.333. The molecule has 0 saturated carbocycles. The number of nitrogens with zero attached hydrogens (tertiary/aromatic N) is 3. The van der Waals surface area contributed by atoms with Crippen LogP contribution in [0.2, 0.25) is 0 Å². The van der Waals surface area contributed by atoms with Crippen molar-refractivity contribution in [2.24, 2.45) is 0 Å². The lowest BCUT2D eigenvalue weighted by atomic mass is 10.1. The van der Waals surface area contributed by atoms with Crippen LogP contribution in [-0.2, 0) is 6.54 Å². The topological polar surface area (TPSA) is 63.3 Å². The van der Waals surface area contributed by atoms with E-state index >= 15 is 0 Å². The number of hydrogen-bond donors (Lipinski definition) is 1. The van der Waals surface area contributed by atoms with Gasteiger partial charge in [0.2, 0.25) is 0 Å². The van der Waals surface area contributed by atoms with Gasteiger partial charge < -0.3 is 9.73 Å². The zero-order valence-electron chi connectivity index (χ0n) is 16.3. The van der Waals surface area contributed by atoms with Gasteiger partial charge in [-0.05, 0) is 63.8 Å². The largest absolute Gasteiger partial charge is 0.468 e. The van der Waals surface area contributed by atoms with Crippen molar-refractivity contribution in [2.45, 2.75) is 26.4 Å². The molecule has 142 valence electrons. The third-order valence-electron chi connectivity index (χ3n) is 4.60. The summed E-state index contributed by atoms with van der Waals surface area (Å²) < 4.78 is 7.45. The molecule has 0 unspecified atom stereocenters. The molecule has 3 rings (SSSR count). The SMILES string of the molecule is Cc1cc(C)n(Cc2ccc(C(=O)NC[C@@H](c3ccco3)N(C)C)cc2)n1. The van der Waals surface area contributed by atoms with Crippen molar-refractivity contribution < 1.29 is 9.21 Å². The molecule has 2 heterocycles. The Morgan fingerprint density at radius 2 is 1.96 bits per heavy atom. The predicted octanol–water partition coefficient (Wildman–Crippen LogP) is 3.17. The van der Waals surface area contributed by atoms with Crippen molar-refractivity contribution in [3.8, 4) is 0 Å². The molecule has 0 aliphatic rings. The van der Waals surface area contributed by atoms with Gasteiger partial charge in [0.25, 0.3) is 5.91 Å². The second-order valence-electron chi connectivity index (χ2n) is 6.99. The predicted molar refractivity (Wildman–Crippen MR) is 105 cm³/mol. The van der Waals surface area contributed by atoms with Crippen molar-refractivity contribution >= 4 is 5.91 Å². The van der Waals surface area contributed by atoms with Crippen LogP contribution in [0, 0.1) is 13.8 Å². The van der Waals surface area contributed by atoms with E-state index < -0.39 is 0 Å². The lowest BCUT2D eigenvalue weighted by Crippen LogP contribution is -2.34. The number of carbonyl (C=O) groups is 1. The van der Waals surface area contributed by atoms with E-state index in [1.807, 2.05) is 73.9 Å². The molecule has 0 aliphatic carbocycles. The molecular formula is C21H26N4O2. The highest BCUT2D eigenvalue weighted by molar-refractivity contribution is 5.94. The number of likely N-dealkylation sites (N-methyl/N-ethyl adjacent to an activating group) is 1. The van der Waals surface area contributed by atoms with Crippen molar-refractivity contribution in [1.82, 2.24) is 20.0 Å². The van der Waals surface area contributed by atoms with Gasteiger partial charge in [-0.25, -0.2) is 0 Å². The Hall–Kier alpha value is -2.86. The van der Waals surface area contributed by atoms with E-state index in [9.17, 15) is 4.79 Å². The van der Waals surface area contributed by atoms with Gasteiger partial charge in [-0.15, -0.1) is 0 Å². The number of furan rings is 1. The Bertz CT molecular complexity index is 880. The van der Waals surface area contributed by atoms with Gasteiger partial charge in [-0.1, -0.05) is 12.1 Å². The van der Waals surface area contributed by atoms with Crippen LogP contribution in [-0.4, -0.2) is 41.2 Å². The van der Waals surface area contributed by atoms with Crippen LogP contribution in [0.1, 0.15) is 39.1 Å². The average Bonchev–Trinajstić information content (AvgIpc) is 3.25. The van der Waals surface area contributed by atoms with Crippen molar-refractivity contribution in [1.29, 1.82) is 0 Å². The van der Waals surface area contributed by atoms with Crippen molar-refractivity contribution in [2.75, 3.05) is 20.6 Å².